The van der Waals surface area contributed by atoms with Crippen LogP contribution in [0.1, 0.15) is 13.8 Å². The molecule has 0 atom stereocenters. The van der Waals surface area contributed by atoms with Crippen LogP contribution in [-0.2, 0) is 0 Å². The normalized spacial score (nSPS) is 10.8. The smallest absolute Gasteiger partial charge is 0.225 e. The topological polar surface area (TPSA) is 75.7 Å². The summed E-state index contributed by atoms with van der Waals surface area (Å²) >= 11 is 0. The Hall–Kier alpha value is -2.63. The average Bonchev–Trinajstić information content (AvgIpc) is 2.96. The Morgan fingerprint density at radius 2 is 2.05 bits per heavy atom. The summed E-state index contributed by atoms with van der Waals surface area (Å²) in [6.07, 6.45) is 1.74. The number of benzene rings is 1. The molecule has 0 radical (unpaired) electrons. The monoisotopic (exact) mass is 283 g/mol. The van der Waals surface area contributed by atoms with E-state index in [9.17, 15) is 0 Å². The number of ether oxygens (including phenoxy) is 1. The Morgan fingerprint density at radius 3 is 2.86 bits per heavy atom. The third-order valence-electron chi connectivity index (χ3n) is 3.09. The molecule has 0 saturated heterocycles. The van der Waals surface area contributed by atoms with E-state index in [0.29, 0.717) is 18.2 Å². The van der Waals surface area contributed by atoms with Gasteiger partial charge in [-0.05, 0) is 26.0 Å². The second-order valence-corrected chi connectivity index (χ2v) is 4.49. The maximum absolute atomic E-state index is 5.71. The van der Waals surface area contributed by atoms with E-state index >= 15 is 0 Å². The number of aromatic amines is 1. The molecule has 0 saturated carbocycles. The number of H-pyrrole nitrogens is 1. The summed E-state index contributed by atoms with van der Waals surface area (Å²) in [6, 6.07) is 7.86. The molecular formula is C15H17N5O. The van der Waals surface area contributed by atoms with Crippen molar-refractivity contribution >= 4 is 17.0 Å². The zero-order chi connectivity index (χ0) is 14.7. The molecule has 2 heterocycles. The molecule has 6 heteroatoms. The maximum atomic E-state index is 5.71. The van der Waals surface area contributed by atoms with Crippen LogP contribution in [0.4, 0.5) is 5.95 Å². The van der Waals surface area contributed by atoms with E-state index in [1.54, 1.807) is 6.20 Å². The first kappa shape index (κ1) is 13.4. The third-order valence-corrected chi connectivity index (χ3v) is 3.09. The Labute approximate surface area is 122 Å². The Balaban J connectivity index is 2.21. The van der Waals surface area contributed by atoms with Gasteiger partial charge >= 0.3 is 0 Å². The predicted molar refractivity (Wildman–Crippen MR) is 82.5 cm³/mol. The number of nitrogens with zero attached hydrogens (tertiary/aromatic N) is 3. The van der Waals surface area contributed by atoms with Gasteiger partial charge in [0.2, 0.25) is 5.95 Å². The minimum absolute atomic E-state index is 0.579. The summed E-state index contributed by atoms with van der Waals surface area (Å²) in [6.45, 7) is 5.34. The van der Waals surface area contributed by atoms with Crippen LogP contribution in [0, 0.1) is 0 Å². The molecule has 0 unspecified atom stereocenters. The largest absolute Gasteiger partial charge is 0.493 e. The molecule has 21 heavy (non-hydrogen) atoms. The number of nitrogens with one attached hydrogen (secondary N) is 2. The van der Waals surface area contributed by atoms with Gasteiger partial charge in [-0.3, -0.25) is 5.10 Å². The standard InChI is InChI=1S/C15H17N5O/c1-3-16-15-18-13(11-9-17-20-14(11)19-15)10-7-5-6-8-12(10)21-4-2/h5-9H,3-4H2,1-2H3,(H2,16,17,18,19,20). The van der Waals surface area contributed by atoms with Crippen LogP contribution in [0.15, 0.2) is 30.5 Å². The van der Waals surface area contributed by atoms with Gasteiger partial charge in [0.15, 0.2) is 5.65 Å². The number of para-hydroxylation sites is 1. The second-order valence-electron chi connectivity index (χ2n) is 4.49. The summed E-state index contributed by atoms with van der Waals surface area (Å²) < 4.78 is 5.71. The first-order valence-corrected chi connectivity index (χ1v) is 7.00. The molecule has 108 valence electrons. The summed E-state index contributed by atoms with van der Waals surface area (Å²) in [5.41, 5.74) is 2.46. The van der Waals surface area contributed by atoms with E-state index in [1.807, 2.05) is 38.1 Å². The number of hydrogen-bond acceptors (Lipinski definition) is 5. The average molecular weight is 283 g/mol. The van der Waals surface area contributed by atoms with Gasteiger partial charge < -0.3 is 10.1 Å². The maximum Gasteiger partial charge on any atom is 0.225 e. The summed E-state index contributed by atoms with van der Waals surface area (Å²) in [5.74, 6) is 1.39. The SMILES string of the molecule is CCNc1nc(-c2ccccc2OCC)c2cn[nH]c2n1. The minimum atomic E-state index is 0.579. The lowest BCUT2D eigenvalue weighted by molar-refractivity contribution is 0.341. The van der Waals surface area contributed by atoms with E-state index in [-0.39, 0.29) is 0 Å². The highest BCUT2D eigenvalue weighted by atomic mass is 16.5. The van der Waals surface area contributed by atoms with E-state index < -0.39 is 0 Å². The van der Waals surface area contributed by atoms with Crippen LogP contribution < -0.4 is 10.1 Å². The van der Waals surface area contributed by atoms with Gasteiger partial charge in [-0.2, -0.15) is 10.1 Å². The van der Waals surface area contributed by atoms with Crippen molar-refractivity contribution in [2.24, 2.45) is 0 Å². The highest BCUT2D eigenvalue weighted by Crippen LogP contribution is 2.33. The molecule has 1 aromatic carbocycles. The molecule has 6 nitrogen and oxygen atoms in total. The van der Waals surface area contributed by atoms with Crippen molar-refractivity contribution in [2.45, 2.75) is 13.8 Å². The highest BCUT2D eigenvalue weighted by Gasteiger charge is 2.14. The molecule has 2 N–H and O–H groups in total. The Kier molecular flexibility index (Phi) is 3.68. The fourth-order valence-electron chi connectivity index (χ4n) is 2.22. The molecule has 0 aliphatic carbocycles. The minimum Gasteiger partial charge on any atom is -0.493 e. The lowest BCUT2D eigenvalue weighted by Gasteiger charge is -2.11. The second kappa shape index (κ2) is 5.78. The van der Waals surface area contributed by atoms with Gasteiger partial charge in [0.25, 0.3) is 0 Å². The predicted octanol–water partition coefficient (Wildman–Crippen LogP) is 2.85. The van der Waals surface area contributed by atoms with E-state index in [0.717, 1.165) is 28.9 Å². The summed E-state index contributed by atoms with van der Waals surface area (Å²) in [5, 5.41) is 11.0. The van der Waals surface area contributed by atoms with Crippen molar-refractivity contribution in [3.63, 3.8) is 0 Å². The van der Waals surface area contributed by atoms with Crippen LogP contribution in [0.2, 0.25) is 0 Å². The summed E-state index contributed by atoms with van der Waals surface area (Å²) in [7, 11) is 0. The van der Waals surface area contributed by atoms with Crippen molar-refractivity contribution in [3.8, 4) is 17.0 Å². The van der Waals surface area contributed by atoms with Crippen molar-refractivity contribution < 1.29 is 4.74 Å². The van der Waals surface area contributed by atoms with E-state index in [1.165, 1.54) is 0 Å². The summed E-state index contributed by atoms with van der Waals surface area (Å²) in [4.78, 5) is 9.02. The van der Waals surface area contributed by atoms with Gasteiger partial charge in [0, 0.05) is 12.1 Å². The fourth-order valence-corrected chi connectivity index (χ4v) is 2.22. The molecule has 3 aromatic rings. The van der Waals surface area contributed by atoms with Gasteiger partial charge in [0.05, 0.1) is 23.9 Å². The quantitative estimate of drug-likeness (QED) is 0.753. The number of fused-ring (bicyclic) bond motifs is 1. The number of aromatic nitrogens is 4. The molecule has 0 aliphatic heterocycles. The molecular weight excluding hydrogens is 266 g/mol. The first-order chi connectivity index (χ1) is 10.3. The van der Waals surface area contributed by atoms with Crippen molar-refractivity contribution in [1.29, 1.82) is 0 Å². The molecule has 0 fully saturated rings. The van der Waals surface area contributed by atoms with Crippen molar-refractivity contribution in [3.05, 3.63) is 30.5 Å². The lowest BCUT2D eigenvalue weighted by Crippen LogP contribution is -2.04. The fraction of sp³-hybridized carbons (Fsp3) is 0.267. The zero-order valence-corrected chi connectivity index (χ0v) is 12.1. The number of hydrogen-bond donors (Lipinski definition) is 2. The van der Waals surface area contributed by atoms with E-state index in [4.69, 9.17) is 4.74 Å². The van der Waals surface area contributed by atoms with Gasteiger partial charge in [-0.1, -0.05) is 12.1 Å². The molecule has 2 aromatic heterocycles. The highest BCUT2D eigenvalue weighted by molar-refractivity contribution is 5.92. The van der Waals surface area contributed by atoms with Crippen LogP contribution >= 0.6 is 0 Å². The van der Waals surface area contributed by atoms with Crippen molar-refractivity contribution in [2.75, 3.05) is 18.5 Å². The van der Waals surface area contributed by atoms with Gasteiger partial charge in [-0.15, -0.1) is 0 Å². The molecule has 0 spiro atoms. The van der Waals surface area contributed by atoms with Crippen LogP contribution in [0.5, 0.6) is 5.75 Å². The number of rotatable bonds is 5. The van der Waals surface area contributed by atoms with Gasteiger partial charge in [0.1, 0.15) is 5.75 Å². The Bertz CT molecular complexity index is 753. The molecule has 0 amide bonds. The van der Waals surface area contributed by atoms with Crippen LogP contribution in [0.25, 0.3) is 22.3 Å². The molecule has 0 aliphatic rings. The zero-order valence-electron chi connectivity index (χ0n) is 12.1. The van der Waals surface area contributed by atoms with Crippen LogP contribution in [0.3, 0.4) is 0 Å². The third kappa shape index (κ3) is 2.52. The number of anilines is 1. The van der Waals surface area contributed by atoms with Gasteiger partial charge in [-0.25, -0.2) is 4.98 Å². The Morgan fingerprint density at radius 1 is 1.19 bits per heavy atom. The van der Waals surface area contributed by atoms with Crippen LogP contribution in [-0.4, -0.2) is 33.3 Å². The molecule has 3 rings (SSSR count). The first-order valence-electron chi connectivity index (χ1n) is 7.00. The molecule has 0 bridgehead atoms. The van der Waals surface area contributed by atoms with Crippen molar-refractivity contribution in [1.82, 2.24) is 20.2 Å². The lowest BCUT2D eigenvalue weighted by atomic mass is 10.1. The van der Waals surface area contributed by atoms with E-state index in [2.05, 4.69) is 25.5 Å².